The molecule has 21 heavy (non-hydrogen) atoms. The van der Waals surface area contributed by atoms with Crippen LogP contribution in [-0.2, 0) is 9.53 Å². The molecule has 0 aromatic heterocycles. The minimum Gasteiger partial charge on any atom is -0.468 e. The van der Waals surface area contributed by atoms with Crippen LogP contribution in [0.15, 0.2) is 0 Å². The third-order valence-corrected chi connectivity index (χ3v) is 5.87. The fourth-order valence-corrected chi connectivity index (χ4v) is 4.25. The van der Waals surface area contributed by atoms with Crippen molar-refractivity contribution in [1.82, 2.24) is 10.2 Å². The molecule has 0 radical (unpaired) electrons. The van der Waals surface area contributed by atoms with Crippen molar-refractivity contribution >= 4 is 5.97 Å². The molecule has 0 aromatic rings. The number of likely N-dealkylation sites (tertiary alicyclic amines) is 1. The van der Waals surface area contributed by atoms with E-state index in [0.717, 1.165) is 25.2 Å². The van der Waals surface area contributed by atoms with E-state index in [9.17, 15) is 4.79 Å². The van der Waals surface area contributed by atoms with E-state index in [1.165, 1.54) is 52.3 Å². The van der Waals surface area contributed by atoms with E-state index in [1.54, 1.807) is 0 Å². The zero-order valence-corrected chi connectivity index (χ0v) is 13.6. The molecule has 2 aliphatic carbocycles. The van der Waals surface area contributed by atoms with Gasteiger partial charge in [0.2, 0.25) is 0 Å². The Morgan fingerprint density at radius 1 is 1.24 bits per heavy atom. The molecule has 1 aliphatic heterocycles. The molecule has 4 nitrogen and oxygen atoms in total. The molecule has 0 spiro atoms. The van der Waals surface area contributed by atoms with Crippen molar-refractivity contribution in [2.24, 2.45) is 5.92 Å². The van der Waals surface area contributed by atoms with Gasteiger partial charge in [0.05, 0.1) is 7.11 Å². The third-order valence-electron chi connectivity index (χ3n) is 5.87. The van der Waals surface area contributed by atoms with Crippen molar-refractivity contribution in [3.05, 3.63) is 0 Å². The Kier molecular flexibility index (Phi) is 4.55. The van der Waals surface area contributed by atoms with Crippen molar-refractivity contribution in [1.29, 1.82) is 0 Å². The molecular weight excluding hydrogens is 264 g/mol. The van der Waals surface area contributed by atoms with Gasteiger partial charge in [0.15, 0.2) is 0 Å². The molecule has 3 aliphatic rings. The first kappa shape index (κ1) is 15.3. The number of carbonyl (C=O) groups excluding carboxylic acids is 1. The van der Waals surface area contributed by atoms with Crippen LogP contribution in [0, 0.1) is 5.92 Å². The van der Waals surface area contributed by atoms with Crippen LogP contribution in [0.5, 0.6) is 0 Å². The third kappa shape index (κ3) is 3.26. The highest BCUT2D eigenvalue weighted by molar-refractivity contribution is 5.81. The molecule has 2 atom stereocenters. The zero-order valence-electron chi connectivity index (χ0n) is 13.6. The summed E-state index contributed by atoms with van der Waals surface area (Å²) >= 11 is 0. The van der Waals surface area contributed by atoms with Gasteiger partial charge in [-0.05, 0) is 64.0 Å². The Labute approximate surface area is 128 Å². The van der Waals surface area contributed by atoms with Gasteiger partial charge in [0.25, 0.3) is 0 Å². The lowest BCUT2D eigenvalue weighted by Crippen LogP contribution is -2.53. The van der Waals surface area contributed by atoms with Crippen molar-refractivity contribution in [2.75, 3.05) is 20.2 Å². The maximum atomic E-state index is 12.3. The van der Waals surface area contributed by atoms with Gasteiger partial charge in [0.1, 0.15) is 5.54 Å². The monoisotopic (exact) mass is 294 g/mol. The number of esters is 1. The van der Waals surface area contributed by atoms with Crippen LogP contribution >= 0.6 is 0 Å². The molecular formula is C17H30N2O2. The van der Waals surface area contributed by atoms with Gasteiger partial charge in [-0.15, -0.1) is 0 Å². The molecule has 2 unspecified atom stereocenters. The largest absolute Gasteiger partial charge is 0.468 e. The SMILES string of the molecule is CCC1CCN(C2CCC(NC3CC3)(C(=O)OC)C2)CC1. The fraction of sp³-hybridized carbons (Fsp3) is 0.941. The molecule has 3 fully saturated rings. The molecule has 1 heterocycles. The Balaban J connectivity index is 1.60. The van der Waals surface area contributed by atoms with Crippen molar-refractivity contribution in [3.63, 3.8) is 0 Å². The maximum Gasteiger partial charge on any atom is 0.326 e. The molecule has 2 saturated carbocycles. The minimum absolute atomic E-state index is 0.0413. The molecule has 1 saturated heterocycles. The Hall–Kier alpha value is -0.610. The Morgan fingerprint density at radius 2 is 1.95 bits per heavy atom. The number of ether oxygens (including phenoxy) is 1. The lowest BCUT2D eigenvalue weighted by molar-refractivity contribution is -0.148. The number of rotatable bonds is 5. The summed E-state index contributed by atoms with van der Waals surface area (Å²) in [5.41, 5.74) is -0.401. The van der Waals surface area contributed by atoms with Gasteiger partial charge in [-0.2, -0.15) is 0 Å². The quantitative estimate of drug-likeness (QED) is 0.790. The van der Waals surface area contributed by atoms with Crippen LogP contribution in [0.1, 0.15) is 58.3 Å². The van der Waals surface area contributed by atoms with E-state index in [4.69, 9.17) is 4.74 Å². The maximum absolute atomic E-state index is 12.3. The standard InChI is InChI=1S/C17H30N2O2/c1-3-13-7-10-19(11-8-13)15-6-9-17(12-15,16(20)21-2)18-14-4-5-14/h13-15,18H,3-12H2,1-2H3. The lowest BCUT2D eigenvalue weighted by atomic mass is 9.92. The van der Waals surface area contributed by atoms with E-state index in [-0.39, 0.29) is 5.97 Å². The van der Waals surface area contributed by atoms with Crippen LogP contribution in [0.25, 0.3) is 0 Å². The van der Waals surface area contributed by atoms with E-state index >= 15 is 0 Å². The average molecular weight is 294 g/mol. The predicted molar refractivity (Wildman–Crippen MR) is 83.1 cm³/mol. The number of nitrogens with zero attached hydrogens (tertiary/aromatic N) is 1. The van der Waals surface area contributed by atoms with Crippen LogP contribution in [-0.4, -0.2) is 48.7 Å². The van der Waals surface area contributed by atoms with Crippen molar-refractivity contribution < 1.29 is 9.53 Å². The summed E-state index contributed by atoms with van der Waals surface area (Å²) in [7, 11) is 1.53. The second-order valence-corrected chi connectivity index (χ2v) is 7.28. The van der Waals surface area contributed by atoms with Crippen molar-refractivity contribution in [2.45, 2.75) is 75.9 Å². The summed E-state index contributed by atoms with van der Waals surface area (Å²) in [6, 6.07) is 1.11. The lowest BCUT2D eigenvalue weighted by Gasteiger charge is -2.36. The van der Waals surface area contributed by atoms with Gasteiger partial charge >= 0.3 is 5.97 Å². The molecule has 0 amide bonds. The van der Waals surface area contributed by atoms with Gasteiger partial charge in [0, 0.05) is 12.1 Å². The van der Waals surface area contributed by atoms with Gasteiger partial charge in [-0.1, -0.05) is 13.3 Å². The summed E-state index contributed by atoms with van der Waals surface area (Å²) in [6.07, 6.45) is 9.40. The smallest absolute Gasteiger partial charge is 0.326 e. The van der Waals surface area contributed by atoms with E-state index in [0.29, 0.717) is 12.1 Å². The highest BCUT2D eigenvalue weighted by Crippen LogP contribution is 2.38. The number of methoxy groups -OCH3 is 1. The van der Waals surface area contributed by atoms with E-state index in [2.05, 4.69) is 17.1 Å². The number of nitrogens with one attached hydrogen (secondary N) is 1. The van der Waals surface area contributed by atoms with Crippen LogP contribution in [0.4, 0.5) is 0 Å². The Morgan fingerprint density at radius 3 is 2.52 bits per heavy atom. The number of carbonyl (C=O) groups is 1. The first-order valence-corrected chi connectivity index (χ1v) is 8.77. The number of hydrogen-bond acceptors (Lipinski definition) is 4. The van der Waals surface area contributed by atoms with Gasteiger partial charge < -0.3 is 9.64 Å². The molecule has 3 rings (SSSR count). The Bertz CT molecular complexity index is 375. The molecule has 1 N–H and O–H groups in total. The number of hydrogen-bond donors (Lipinski definition) is 1. The summed E-state index contributed by atoms with van der Waals surface area (Å²) < 4.78 is 5.12. The summed E-state index contributed by atoms with van der Waals surface area (Å²) in [6.45, 7) is 4.73. The van der Waals surface area contributed by atoms with E-state index < -0.39 is 5.54 Å². The summed E-state index contributed by atoms with van der Waals surface area (Å²) in [4.78, 5) is 15.0. The molecule has 4 heteroatoms. The molecule has 0 aromatic carbocycles. The zero-order chi connectivity index (χ0) is 14.9. The first-order chi connectivity index (χ1) is 10.2. The van der Waals surface area contributed by atoms with Crippen LogP contribution < -0.4 is 5.32 Å². The highest BCUT2D eigenvalue weighted by Gasteiger charge is 2.50. The van der Waals surface area contributed by atoms with Crippen LogP contribution in [0.2, 0.25) is 0 Å². The normalized spacial score (nSPS) is 35.0. The predicted octanol–water partition coefficient (Wildman–Crippen LogP) is 2.32. The second kappa shape index (κ2) is 6.25. The number of piperidine rings is 1. The fourth-order valence-electron chi connectivity index (χ4n) is 4.25. The molecule has 0 bridgehead atoms. The van der Waals surface area contributed by atoms with Crippen molar-refractivity contribution in [3.8, 4) is 0 Å². The van der Waals surface area contributed by atoms with Gasteiger partial charge in [-0.3, -0.25) is 10.1 Å². The second-order valence-electron chi connectivity index (χ2n) is 7.28. The minimum atomic E-state index is -0.401. The van der Waals surface area contributed by atoms with E-state index in [1.807, 2.05) is 0 Å². The van der Waals surface area contributed by atoms with Gasteiger partial charge in [-0.25, -0.2) is 0 Å². The highest BCUT2D eigenvalue weighted by atomic mass is 16.5. The summed E-state index contributed by atoms with van der Waals surface area (Å²) in [5.74, 6) is 0.873. The average Bonchev–Trinajstić information content (AvgIpc) is 3.23. The van der Waals surface area contributed by atoms with Crippen LogP contribution in [0.3, 0.4) is 0 Å². The molecule has 120 valence electrons. The topological polar surface area (TPSA) is 41.6 Å². The first-order valence-electron chi connectivity index (χ1n) is 8.77. The summed E-state index contributed by atoms with van der Waals surface area (Å²) in [5, 5.41) is 3.60.